The molecule has 0 aliphatic rings. The Labute approximate surface area is 114 Å². The van der Waals surface area contributed by atoms with Crippen LogP contribution < -0.4 is 5.73 Å². The fraction of sp³-hybridized carbons (Fsp3) is 0.400. The third-order valence-electron chi connectivity index (χ3n) is 3.25. The largest absolute Gasteiger partial charge is 0.396 e. The van der Waals surface area contributed by atoms with E-state index >= 15 is 0 Å². The predicted molar refractivity (Wildman–Crippen MR) is 78.8 cm³/mol. The minimum absolute atomic E-state index is 0.720. The second-order valence-electron chi connectivity index (χ2n) is 4.94. The van der Waals surface area contributed by atoms with Crippen molar-refractivity contribution in [3.05, 3.63) is 47.8 Å². The van der Waals surface area contributed by atoms with Gasteiger partial charge in [0, 0.05) is 19.3 Å². The average molecular weight is 258 g/mol. The van der Waals surface area contributed by atoms with Crippen molar-refractivity contribution in [2.24, 2.45) is 0 Å². The van der Waals surface area contributed by atoms with E-state index in [2.05, 4.69) is 48.2 Å². The van der Waals surface area contributed by atoms with Crippen LogP contribution in [0.1, 0.15) is 18.1 Å². The number of hydrogen-bond acceptors (Lipinski definition) is 3. The summed E-state index contributed by atoms with van der Waals surface area (Å²) in [6.45, 7) is 4.95. The van der Waals surface area contributed by atoms with Crippen molar-refractivity contribution in [1.82, 2.24) is 14.7 Å². The number of hydrogen-bond donors (Lipinski definition) is 1. The van der Waals surface area contributed by atoms with E-state index in [1.165, 1.54) is 11.1 Å². The van der Waals surface area contributed by atoms with Gasteiger partial charge in [-0.1, -0.05) is 31.2 Å². The summed E-state index contributed by atoms with van der Waals surface area (Å²) in [6.07, 6.45) is 4.64. The lowest BCUT2D eigenvalue weighted by Crippen LogP contribution is -2.23. The number of aryl methyl sites for hydroxylation is 1. The molecule has 0 amide bonds. The molecule has 19 heavy (non-hydrogen) atoms. The van der Waals surface area contributed by atoms with Crippen molar-refractivity contribution < 1.29 is 0 Å². The highest BCUT2D eigenvalue weighted by Crippen LogP contribution is 2.07. The Balaban J connectivity index is 1.81. The van der Waals surface area contributed by atoms with Gasteiger partial charge in [-0.15, -0.1) is 0 Å². The van der Waals surface area contributed by atoms with E-state index in [0.717, 1.165) is 31.7 Å². The van der Waals surface area contributed by atoms with Gasteiger partial charge in [-0.25, -0.2) is 0 Å². The molecule has 2 rings (SSSR count). The minimum atomic E-state index is 0.720. The van der Waals surface area contributed by atoms with Gasteiger partial charge in [0.25, 0.3) is 0 Å². The Morgan fingerprint density at radius 3 is 2.47 bits per heavy atom. The summed E-state index contributed by atoms with van der Waals surface area (Å²) in [6, 6.07) is 8.83. The molecule has 2 aromatic rings. The van der Waals surface area contributed by atoms with E-state index in [9.17, 15) is 0 Å². The molecule has 2 N–H and O–H groups in total. The number of nitrogen functional groups attached to an aromatic ring is 1. The van der Waals surface area contributed by atoms with Crippen molar-refractivity contribution in [3.8, 4) is 0 Å². The quantitative estimate of drug-likeness (QED) is 0.863. The molecule has 0 fully saturated rings. The van der Waals surface area contributed by atoms with Crippen LogP contribution in [0.3, 0.4) is 0 Å². The van der Waals surface area contributed by atoms with Gasteiger partial charge in [-0.2, -0.15) is 5.10 Å². The van der Waals surface area contributed by atoms with Crippen molar-refractivity contribution in [3.63, 3.8) is 0 Å². The molecule has 4 nitrogen and oxygen atoms in total. The Hall–Kier alpha value is -1.81. The zero-order valence-corrected chi connectivity index (χ0v) is 11.7. The third kappa shape index (κ3) is 4.10. The number of anilines is 1. The maximum absolute atomic E-state index is 5.64. The fourth-order valence-electron chi connectivity index (χ4n) is 2.05. The molecule has 0 unspecified atom stereocenters. The number of nitrogens with zero attached hydrogens (tertiary/aromatic N) is 3. The Morgan fingerprint density at radius 2 is 1.89 bits per heavy atom. The molecule has 1 aromatic heterocycles. The van der Waals surface area contributed by atoms with Gasteiger partial charge in [0.2, 0.25) is 0 Å². The summed E-state index contributed by atoms with van der Waals surface area (Å²) in [5.41, 5.74) is 9.09. The summed E-state index contributed by atoms with van der Waals surface area (Å²) in [5.74, 6) is 0. The van der Waals surface area contributed by atoms with Gasteiger partial charge in [0.15, 0.2) is 0 Å². The molecular weight excluding hydrogens is 236 g/mol. The monoisotopic (exact) mass is 258 g/mol. The highest BCUT2D eigenvalue weighted by atomic mass is 15.3. The maximum atomic E-state index is 5.64. The first-order valence-electron chi connectivity index (χ1n) is 6.71. The van der Waals surface area contributed by atoms with Crippen LogP contribution in [0.4, 0.5) is 5.69 Å². The molecule has 1 heterocycles. The molecule has 0 aliphatic carbocycles. The third-order valence-corrected chi connectivity index (χ3v) is 3.25. The van der Waals surface area contributed by atoms with E-state index in [1.54, 1.807) is 6.20 Å². The van der Waals surface area contributed by atoms with Gasteiger partial charge in [0.05, 0.1) is 18.4 Å². The van der Waals surface area contributed by atoms with E-state index in [-0.39, 0.29) is 0 Å². The van der Waals surface area contributed by atoms with E-state index in [0.29, 0.717) is 0 Å². The van der Waals surface area contributed by atoms with Crippen LogP contribution in [0, 0.1) is 0 Å². The normalized spacial score (nSPS) is 11.1. The predicted octanol–water partition coefficient (Wildman–Crippen LogP) is 2.16. The Morgan fingerprint density at radius 1 is 1.21 bits per heavy atom. The van der Waals surface area contributed by atoms with Gasteiger partial charge in [-0.05, 0) is 24.6 Å². The lowest BCUT2D eigenvalue weighted by Gasteiger charge is -2.16. The zero-order chi connectivity index (χ0) is 13.7. The molecule has 0 saturated heterocycles. The van der Waals surface area contributed by atoms with Crippen LogP contribution in [-0.4, -0.2) is 28.3 Å². The summed E-state index contributed by atoms with van der Waals surface area (Å²) in [5, 5.41) is 4.18. The SMILES string of the molecule is CCc1ccc(CN(C)CCn2cc(N)cn2)cc1. The van der Waals surface area contributed by atoms with Crippen LogP contribution >= 0.6 is 0 Å². The van der Waals surface area contributed by atoms with Crippen molar-refractivity contribution in [2.45, 2.75) is 26.4 Å². The lowest BCUT2D eigenvalue weighted by molar-refractivity contribution is 0.305. The summed E-state index contributed by atoms with van der Waals surface area (Å²) < 4.78 is 1.88. The van der Waals surface area contributed by atoms with Crippen LogP contribution in [0.25, 0.3) is 0 Å². The second-order valence-corrected chi connectivity index (χ2v) is 4.94. The fourth-order valence-corrected chi connectivity index (χ4v) is 2.05. The first kappa shape index (κ1) is 13.6. The smallest absolute Gasteiger partial charge is 0.0719 e. The molecule has 102 valence electrons. The molecule has 0 bridgehead atoms. The molecule has 0 spiro atoms. The van der Waals surface area contributed by atoms with E-state index in [4.69, 9.17) is 5.73 Å². The van der Waals surface area contributed by atoms with Crippen LogP contribution in [0.2, 0.25) is 0 Å². The maximum Gasteiger partial charge on any atom is 0.0719 e. The topological polar surface area (TPSA) is 47.1 Å². The first-order chi connectivity index (χ1) is 9.17. The molecule has 0 aliphatic heterocycles. The van der Waals surface area contributed by atoms with Crippen LogP contribution in [0.15, 0.2) is 36.7 Å². The van der Waals surface area contributed by atoms with Crippen molar-refractivity contribution >= 4 is 5.69 Å². The van der Waals surface area contributed by atoms with E-state index < -0.39 is 0 Å². The Bertz CT molecular complexity index is 501. The van der Waals surface area contributed by atoms with Gasteiger partial charge in [0.1, 0.15) is 0 Å². The highest BCUT2D eigenvalue weighted by molar-refractivity contribution is 5.30. The molecule has 4 heteroatoms. The number of nitrogens with two attached hydrogens (primary N) is 1. The van der Waals surface area contributed by atoms with Gasteiger partial charge < -0.3 is 10.6 Å². The van der Waals surface area contributed by atoms with Gasteiger partial charge in [-0.3, -0.25) is 4.68 Å². The summed E-state index contributed by atoms with van der Waals surface area (Å²) in [7, 11) is 2.13. The number of aromatic nitrogens is 2. The minimum Gasteiger partial charge on any atom is -0.396 e. The summed E-state index contributed by atoms with van der Waals surface area (Å²) >= 11 is 0. The van der Waals surface area contributed by atoms with Crippen LogP contribution in [-0.2, 0) is 19.5 Å². The Kier molecular flexibility index (Phi) is 4.58. The average Bonchev–Trinajstić information content (AvgIpc) is 2.83. The number of benzene rings is 1. The molecule has 0 radical (unpaired) electrons. The van der Waals surface area contributed by atoms with Crippen LogP contribution in [0.5, 0.6) is 0 Å². The molecule has 0 atom stereocenters. The number of likely N-dealkylation sites (N-methyl/N-ethyl adjacent to an activating group) is 1. The molecular formula is C15H22N4. The lowest BCUT2D eigenvalue weighted by atomic mass is 10.1. The molecule has 1 aromatic carbocycles. The van der Waals surface area contributed by atoms with E-state index in [1.807, 2.05) is 10.9 Å². The van der Waals surface area contributed by atoms with Crippen molar-refractivity contribution in [1.29, 1.82) is 0 Å². The zero-order valence-electron chi connectivity index (χ0n) is 11.7. The standard InChI is InChI=1S/C15H22N4/c1-3-13-4-6-14(7-5-13)11-18(2)8-9-19-12-15(16)10-17-19/h4-7,10,12H,3,8-9,11,16H2,1-2H3. The molecule has 0 saturated carbocycles. The summed E-state index contributed by atoms with van der Waals surface area (Å²) in [4.78, 5) is 2.29. The number of rotatable bonds is 6. The van der Waals surface area contributed by atoms with Crippen molar-refractivity contribution in [2.75, 3.05) is 19.3 Å². The second kappa shape index (κ2) is 6.38. The first-order valence-corrected chi connectivity index (χ1v) is 6.71. The van der Waals surface area contributed by atoms with Gasteiger partial charge >= 0.3 is 0 Å². The highest BCUT2D eigenvalue weighted by Gasteiger charge is 2.02.